The molecule has 1 aliphatic rings. The Morgan fingerprint density at radius 3 is 2.41 bits per heavy atom. The van der Waals surface area contributed by atoms with E-state index >= 15 is 0 Å². The molecule has 0 spiro atoms. The summed E-state index contributed by atoms with van der Waals surface area (Å²) in [6.45, 7) is 1.90. The minimum absolute atomic E-state index is 0.109. The first-order valence-corrected chi connectivity index (χ1v) is 10.6. The molecule has 5 nitrogen and oxygen atoms in total. The van der Waals surface area contributed by atoms with Gasteiger partial charge in [0.05, 0.1) is 18.7 Å². The number of benzene rings is 3. The zero-order chi connectivity index (χ0) is 23.0. The molecule has 0 aromatic heterocycles. The van der Waals surface area contributed by atoms with Gasteiger partial charge in [0.15, 0.2) is 0 Å². The molecule has 1 heterocycles. The smallest absolute Gasteiger partial charge is 0.300 e. The van der Waals surface area contributed by atoms with Gasteiger partial charge in [-0.25, -0.2) is 4.39 Å². The summed E-state index contributed by atoms with van der Waals surface area (Å²) < 4.78 is 20.0. The molecular formula is C25H19BrFNO4. The van der Waals surface area contributed by atoms with Gasteiger partial charge >= 0.3 is 0 Å². The van der Waals surface area contributed by atoms with Gasteiger partial charge in [0.25, 0.3) is 11.7 Å². The zero-order valence-corrected chi connectivity index (χ0v) is 18.9. The second-order valence-electron chi connectivity index (χ2n) is 7.39. The summed E-state index contributed by atoms with van der Waals surface area (Å²) in [7, 11) is 1.52. The van der Waals surface area contributed by atoms with E-state index in [-0.39, 0.29) is 11.3 Å². The average Bonchev–Trinajstić information content (AvgIpc) is 3.06. The van der Waals surface area contributed by atoms with E-state index in [1.165, 1.54) is 30.2 Å². The van der Waals surface area contributed by atoms with E-state index < -0.39 is 23.5 Å². The van der Waals surface area contributed by atoms with Crippen LogP contribution in [0.3, 0.4) is 0 Å². The number of aliphatic hydroxyl groups is 1. The van der Waals surface area contributed by atoms with Crippen LogP contribution in [0.4, 0.5) is 10.1 Å². The molecule has 1 unspecified atom stereocenters. The molecule has 32 heavy (non-hydrogen) atoms. The number of methoxy groups -OCH3 is 1. The van der Waals surface area contributed by atoms with Gasteiger partial charge < -0.3 is 9.84 Å². The monoisotopic (exact) mass is 495 g/mol. The molecule has 1 aliphatic heterocycles. The summed E-state index contributed by atoms with van der Waals surface area (Å²) in [5.74, 6) is -1.92. The van der Waals surface area contributed by atoms with E-state index in [0.717, 1.165) is 10.0 Å². The van der Waals surface area contributed by atoms with Crippen LogP contribution < -0.4 is 9.64 Å². The topological polar surface area (TPSA) is 66.8 Å². The van der Waals surface area contributed by atoms with Crippen LogP contribution in [-0.4, -0.2) is 23.9 Å². The second-order valence-corrected chi connectivity index (χ2v) is 8.24. The lowest BCUT2D eigenvalue weighted by Crippen LogP contribution is -2.29. The third-order valence-corrected chi connectivity index (χ3v) is 6.26. The SMILES string of the molecule is COc1ccc(/C(O)=C2\C(=O)C(=O)N(c3ccc(C)c(Br)c3)C2c2cccc(F)c2)cc1. The van der Waals surface area contributed by atoms with Gasteiger partial charge in [0, 0.05) is 15.7 Å². The first-order chi connectivity index (χ1) is 15.3. The molecule has 1 atom stereocenters. The van der Waals surface area contributed by atoms with E-state index in [1.807, 2.05) is 13.0 Å². The maximum Gasteiger partial charge on any atom is 0.300 e. The highest BCUT2D eigenvalue weighted by Crippen LogP contribution is 2.43. The normalized spacial score (nSPS) is 17.6. The Balaban J connectivity index is 1.94. The number of ketones is 1. The number of amides is 1. The Hall–Kier alpha value is -3.45. The van der Waals surface area contributed by atoms with Crippen molar-refractivity contribution in [2.75, 3.05) is 12.0 Å². The molecule has 1 N–H and O–H groups in total. The average molecular weight is 496 g/mol. The molecule has 0 saturated carbocycles. The highest BCUT2D eigenvalue weighted by Gasteiger charge is 2.47. The fourth-order valence-corrected chi connectivity index (χ4v) is 4.09. The number of halogens is 2. The summed E-state index contributed by atoms with van der Waals surface area (Å²) in [6.07, 6.45) is 0. The minimum Gasteiger partial charge on any atom is -0.507 e. The molecule has 1 saturated heterocycles. The number of aryl methyl sites for hydroxylation is 1. The Morgan fingerprint density at radius 1 is 1.06 bits per heavy atom. The minimum atomic E-state index is -0.998. The number of nitrogens with zero attached hydrogens (tertiary/aromatic N) is 1. The van der Waals surface area contributed by atoms with Crippen molar-refractivity contribution in [3.05, 3.63) is 99.3 Å². The predicted octanol–water partition coefficient (Wildman–Crippen LogP) is 5.53. The fourth-order valence-electron chi connectivity index (χ4n) is 3.73. The van der Waals surface area contributed by atoms with E-state index in [0.29, 0.717) is 22.6 Å². The maximum atomic E-state index is 14.1. The van der Waals surface area contributed by atoms with Crippen molar-refractivity contribution < 1.29 is 23.8 Å². The lowest BCUT2D eigenvalue weighted by atomic mass is 9.95. The molecule has 3 aromatic rings. The summed E-state index contributed by atoms with van der Waals surface area (Å²) in [5, 5.41) is 11.1. The van der Waals surface area contributed by atoms with Crippen molar-refractivity contribution in [2.45, 2.75) is 13.0 Å². The predicted molar refractivity (Wildman–Crippen MR) is 123 cm³/mol. The first kappa shape index (κ1) is 21.8. The first-order valence-electron chi connectivity index (χ1n) is 9.79. The van der Waals surface area contributed by atoms with Crippen LogP contribution in [0.2, 0.25) is 0 Å². The Morgan fingerprint density at radius 2 is 1.78 bits per heavy atom. The maximum absolute atomic E-state index is 14.1. The molecule has 0 bridgehead atoms. The van der Waals surface area contributed by atoms with Gasteiger partial charge in [0.2, 0.25) is 0 Å². The lowest BCUT2D eigenvalue weighted by molar-refractivity contribution is -0.132. The number of hydrogen-bond acceptors (Lipinski definition) is 4. The number of rotatable bonds is 4. The summed E-state index contributed by atoms with van der Waals surface area (Å²) in [4.78, 5) is 27.5. The van der Waals surface area contributed by atoms with E-state index in [4.69, 9.17) is 4.74 Å². The van der Waals surface area contributed by atoms with Crippen LogP contribution in [0.5, 0.6) is 5.75 Å². The number of Topliss-reactive ketones (excluding diaryl/α,β-unsaturated/α-hetero) is 1. The zero-order valence-electron chi connectivity index (χ0n) is 17.3. The molecule has 1 amide bonds. The van der Waals surface area contributed by atoms with Crippen molar-refractivity contribution in [2.24, 2.45) is 0 Å². The Labute approximate surface area is 192 Å². The van der Waals surface area contributed by atoms with E-state index in [2.05, 4.69) is 15.9 Å². The van der Waals surface area contributed by atoms with Crippen LogP contribution in [0, 0.1) is 12.7 Å². The van der Waals surface area contributed by atoms with Gasteiger partial charge in [-0.1, -0.05) is 34.1 Å². The summed E-state index contributed by atoms with van der Waals surface area (Å²) >= 11 is 3.45. The van der Waals surface area contributed by atoms with Crippen LogP contribution in [0.1, 0.15) is 22.7 Å². The highest BCUT2D eigenvalue weighted by molar-refractivity contribution is 9.10. The number of carbonyl (C=O) groups excluding carboxylic acids is 2. The molecule has 1 fully saturated rings. The van der Waals surface area contributed by atoms with E-state index in [9.17, 15) is 19.1 Å². The fraction of sp³-hybridized carbons (Fsp3) is 0.120. The Kier molecular flexibility index (Phi) is 5.84. The molecular weight excluding hydrogens is 477 g/mol. The van der Waals surface area contributed by atoms with Crippen molar-refractivity contribution in [1.29, 1.82) is 0 Å². The second kappa shape index (κ2) is 8.59. The van der Waals surface area contributed by atoms with Crippen molar-refractivity contribution in [1.82, 2.24) is 0 Å². The quantitative estimate of drug-likeness (QED) is 0.293. The molecule has 162 valence electrons. The highest BCUT2D eigenvalue weighted by atomic mass is 79.9. The third kappa shape index (κ3) is 3.80. The summed E-state index contributed by atoms with van der Waals surface area (Å²) in [6, 6.07) is 16.4. The van der Waals surface area contributed by atoms with Gasteiger partial charge in [-0.15, -0.1) is 0 Å². The molecule has 0 aliphatic carbocycles. The third-order valence-electron chi connectivity index (χ3n) is 5.41. The number of anilines is 1. The number of carbonyl (C=O) groups is 2. The lowest BCUT2D eigenvalue weighted by Gasteiger charge is -2.26. The van der Waals surface area contributed by atoms with Crippen LogP contribution in [0.15, 0.2) is 76.8 Å². The van der Waals surface area contributed by atoms with E-state index in [1.54, 1.807) is 42.5 Å². The standard InChI is InChI=1S/C25H19BrFNO4/c1-14-6-9-18(13-20(14)26)28-22(16-4-3-5-17(27)12-16)21(24(30)25(28)31)23(29)15-7-10-19(32-2)11-8-15/h3-13,22,29H,1-2H3/b23-21+. The van der Waals surface area contributed by atoms with Crippen LogP contribution >= 0.6 is 15.9 Å². The van der Waals surface area contributed by atoms with Gasteiger partial charge in [-0.2, -0.15) is 0 Å². The van der Waals surface area contributed by atoms with Crippen LogP contribution in [0.25, 0.3) is 5.76 Å². The van der Waals surface area contributed by atoms with Gasteiger partial charge in [-0.3, -0.25) is 14.5 Å². The summed E-state index contributed by atoms with van der Waals surface area (Å²) in [5.41, 5.74) is 2.01. The number of hydrogen-bond donors (Lipinski definition) is 1. The van der Waals surface area contributed by atoms with Crippen molar-refractivity contribution in [3.63, 3.8) is 0 Å². The Bertz CT molecular complexity index is 1250. The molecule has 4 rings (SSSR count). The molecule has 3 aromatic carbocycles. The van der Waals surface area contributed by atoms with Crippen LogP contribution in [-0.2, 0) is 9.59 Å². The largest absolute Gasteiger partial charge is 0.507 e. The number of ether oxygens (including phenoxy) is 1. The van der Waals surface area contributed by atoms with Crippen molar-refractivity contribution >= 4 is 39.1 Å². The van der Waals surface area contributed by atoms with Gasteiger partial charge in [-0.05, 0) is 66.6 Å². The molecule has 7 heteroatoms. The van der Waals surface area contributed by atoms with Gasteiger partial charge in [0.1, 0.15) is 17.3 Å². The molecule has 0 radical (unpaired) electrons. The van der Waals surface area contributed by atoms with Crippen molar-refractivity contribution in [3.8, 4) is 5.75 Å². The number of aliphatic hydroxyl groups excluding tert-OH is 1.